The van der Waals surface area contributed by atoms with Crippen molar-refractivity contribution in [3.05, 3.63) is 35.7 Å². The molecule has 0 aliphatic carbocycles. The first-order chi connectivity index (χ1) is 13.5. The van der Waals surface area contributed by atoms with Crippen molar-refractivity contribution < 1.29 is 14.7 Å². The van der Waals surface area contributed by atoms with E-state index in [1.165, 1.54) is 6.07 Å². The van der Waals surface area contributed by atoms with Crippen LogP contribution in [-0.2, 0) is 0 Å². The van der Waals surface area contributed by atoms with Crippen LogP contribution in [0.4, 0.5) is 22.1 Å². The van der Waals surface area contributed by atoms with Gasteiger partial charge in [-0.3, -0.25) is 15.3 Å². The summed E-state index contributed by atoms with van der Waals surface area (Å²) < 4.78 is 0. The predicted octanol–water partition coefficient (Wildman–Crippen LogP) is 1.99. The van der Waals surface area contributed by atoms with Crippen LogP contribution in [-0.4, -0.2) is 56.4 Å². The van der Waals surface area contributed by atoms with Crippen molar-refractivity contribution in [2.75, 3.05) is 28.2 Å². The van der Waals surface area contributed by atoms with E-state index in [0.29, 0.717) is 29.2 Å². The molecule has 0 saturated carbocycles. The first-order valence-corrected chi connectivity index (χ1v) is 8.92. The van der Waals surface area contributed by atoms with Gasteiger partial charge in [0, 0.05) is 18.8 Å². The highest BCUT2D eigenvalue weighted by Crippen LogP contribution is 2.39. The number of carboxylic acid groups (broad SMARTS) is 1. The number of carbonyl (C=O) groups excluding carboxylic acids is 1. The summed E-state index contributed by atoms with van der Waals surface area (Å²) in [6.45, 7) is 3.36. The largest absolute Gasteiger partial charge is 0.477 e. The molecule has 5 heterocycles. The number of rotatable bonds is 2. The number of fused-ring (bicyclic) bond motifs is 5. The van der Waals surface area contributed by atoms with E-state index < -0.39 is 12.0 Å². The number of nitrogens with one attached hydrogen (secondary N) is 2. The molecule has 1 unspecified atom stereocenters. The minimum Gasteiger partial charge on any atom is -0.477 e. The molecule has 2 bridgehead atoms. The highest BCUT2D eigenvalue weighted by atomic mass is 16.4. The van der Waals surface area contributed by atoms with E-state index >= 15 is 0 Å². The minimum atomic E-state index is -1.13. The Kier molecular flexibility index (Phi) is 3.48. The lowest BCUT2D eigenvalue weighted by molar-refractivity contribution is 0.0690. The third-order valence-electron chi connectivity index (χ3n) is 5.18. The minimum absolute atomic E-state index is 0.0744. The van der Waals surface area contributed by atoms with Gasteiger partial charge in [-0.2, -0.15) is 5.10 Å². The molecule has 1 fully saturated rings. The van der Waals surface area contributed by atoms with Gasteiger partial charge in [-0.15, -0.1) is 0 Å². The Morgan fingerprint density at radius 2 is 2.11 bits per heavy atom. The van der Waals surface area contributed by atoms with Crippen molar-refractivity contribution >= 4 is 40.4 Å². The molecule has 3 aromatic rings. The lowest BCUT2D eigenvalue weighted by Crippen LogP contribution is -2.48. The number of carboxylic acids is 1. The first-order valence-electron chi connectivity index (χ1n) is 8.92. The summed E-state index contributed by atoms with van der Waals surface area (Å²) in [7, 11) is 0. The van der Waals surface area contributed by atoms with Crippen LogP contribution >= 0.6 is 0 Å². The third-order valence-corrected chi connectivity index (χ3v) is 5.18. The van der Waals surface area contributed by atoms with Crippen LogP contribution in [0.2, 0.25) is 0 Å². The molecule has 10 heteroatoms. The topological polar surface area (TPSA) is 127 Å². The lowest BCUT2D eigenvalue weighted by atomic mass is 10.2. The van der Waals surface area contributed by atoms with Gasteiger partial charge in [0.05, 0.1) is 17.1 Å². The van der Waals surface area contributed by atoms with Crippen molar-refractivity contribution in [3.8, 4) is 0 Å². The number of carbonyl (C=O) groups is 2. The SMILES string of the molecule is Cc1ccc2c(NC(=O)N3c4nc(C(=O)O)ccc4N4CCC3C4)n[nH]c2n1. The Morgan fingerprint density at radius 3 is 2.93 bits per heavy atom. The third kappa shape index (κ3) is 2.45. The second kappa shape index (κ2) is 5.91. The monoisotopic (exact) mass is 379 g/mol. The van der Waals surface area contributed by atoms with E-state index in [0.717, 1.165) is 24.3 Å². The van der Waals surface area contributed by atoms with Crippen molar-refractivity contribution in [1.82, 2.24) is 20.2 Å². The van der Waals surface area contributed by atoms with Crippen molar-refractivity contribution in [2.24, 2.45) is 0 Å². The van der Waals surface area contributed by atoms with Gasteiger partial charge in [-0.1, -0.05) is 0 Å². The Bertz CT molecular complexity index is 1130. The molecule has 10 nitrogen and oxygen atoms in total. The van der Waals surface area contributed by atoms with Crippen LogP contribution in [0.1, 0.15) is 22.6 Å². The van der Waals surface area contributed by atoms with E-state index in [9.17, 15) is 14.7 Å². The highest BCUT2D eigenvalue weighted by molar-refractivity contribution is 6.07. The summed E-state index contributed by atoms with van der Waals surface area (Å²) in [5, 5.41) is 19.8. The summed E-state index contributed by atoms with van der Waals surface area (Å²) in [4.78, 5) is 36.8. The predicted molar refractivity (Wildman–Crippen MR) is 102 cm³/mol. The van der Waals surface area contributed by atoms with Gasteiger partial charge >= 0.3 is 12.0 Å². The van der Waals surface area contributed by atoms with E-state index in [4.69, 9.17) is 0 Å². The van der Waals surface area contributed by atoms with Gasteiger partial charge in [0.2, 0.25) is 0 Å². The zero-order chi connectivity index (χ0) is 19.4. The van der Waals surface area contributed by atoms with E-state index in [1.807, 2.05) is 19.1 Å². The Balaban J connectivity index is 1.52. The number of pyridine rings is 2. The van der Waals surface area contributed by atoms with Crippen LogP contribution in [0.3, 0.4) is 0 Å². The number of nitrogens with zero attached hydrogens (tertiary/aromatic N) is 5. The van der Waals surface area contributed by atoms with Crippen LogP contribution in [0, 0.1) is 6.92 Å². The summed E-state index contributed by atoms with van der Waals surface area (Å²) in [5.41, 5.74) is 2.10. The summed E-state index contributed by atoms with van der Waals surface area (Å²) in [6.07, 6.45) is 0.786. The fourth-order valence-electron chi connectivity index (χ4n) is 3.85. The molecular formula is C18H17N7O3. The molecule has 2 aliphatic rings. The van der Waals surface area contributed by atoms with E-state index in [1.54, 1.807) is 11.0 Å². The molecule has 142 valence electrons. The van der Waals surface area contributed by atoms with E-state index in [2.05, 4.69) is 30.4 Å². The number of aryl methyl sites for hydroxylation is 1. The molecule has 3 aromatic heterocycles. The average molecular weight is 379 g/mol. The molecule has 0 aromatic carbocycles. The van der Waals surface area contributed by atoms with Gasteiger partial charge < -0.3 is 10.0 Å². The number of amides is 2. The smallest absolute Gasteiger partial charge is 0.354 e. The molecule has 2 aliphatic heterocycles. The van der Waals surface area contributed by atoms with E-state index in [-0.39, 0.29) is 11.7 Å². The van der Waals surface area contributed by atoms with Gasteiger partial charge in [-0.25, -0.2) is 19.6 Å². The Labute approximate surface area is 159 Å². The van der Waals surface area contributed by atoms with Crippen molar-refractivity contribution in [1.29, 1.82) is 0 Å². The average Bonchev–Trinajstić information content (AvgIpc) is 3.26. The maximum atomic E-state index is 13.1. The number of aromatic nitrogens is 4. The molecule has 28 heavy (non-hydrogen) atoms. The van der Waals surface area contributed by atoms with Crippen LogP contribution in [0.25, 0.3) is 11.0 Å². The lowest BCUT2D eigenvalue weighted by Gasteiger charge is -2.35. The fourth-order valence-corrected chi connectivity index (χ4v) is 3.85. The van der Waals surface area contributed by atoms with Crippen molar-refractivity contribution in [3.63, 3.8) is 0 Å². The zero-order valence-corrected chi connectivity index (χ0v) is 15.0. The first kappa shape index (κ1) is 16.5. The number of aromatic amines is 1. The molecule has 3 N–H and O–H groups in total. The second-order valence-corrected chi connectivity index (χ2v) is 6.95. The van der Waals surface area contributed by atoms with Crippen LogP contribution in [0.15, 0.2) is 24.3 Å². The summed E-state index contributed by atoms with van der Waals surface area (Å²) >= 11 is 0. The molecule has 1 saturated heterocycles. The molecule has 2 amide bonds. The standard InChI is InChI=1S/C18H17N7O3/c1-9-2-3-11-14(19-9)22-23-15(11)21-18(28)25-10-6-7-24(8-10)13-5-4-12(17(26)27)20-16(13)25/h2-5,10H,6-8H2,1H3,(H,26,27)(H2,19,21,22,23,28). The maximum Gasteiger partial charge on any atom is 0.354 e. The number of anilines is 3. The molecular weight excluding hydrogens is 362 g/mol. The van der Waals surface area contributed by atoms with Gasteiger partial charge in [-0.05, 0) is 37.6 Å². The van der Waals surface area contributed by atoms with Crippen molar-refractivity contribution in [2.45, 2.75) is 19.4 Å². The maximum absolute atomic E-state index is 13.1. The van der Waals surface area contributed by atoms with Crippen LogP contribution < -0.4 is 15.1 Å². The molecule has 0 spiro atoms. The van der Waals surface area contributed by atoms with Gasteiger partial charge in [0.15, 0.2) is 23.0 Å². The van der Waals surface area contributed by atoms with Crippen LogP contribution in [0.5, 0.6) is 0 Å². The molecule has 5 rings (SSSR count). The molecule has 0 radical (unpaired) electrons. The number of H-pyrrole nitrogens is 1. The zero-order valence-electron chi connectivity index (χ0n) is 15.0. The summed E-state index contributed by atoms with van der Waals surface area (Å²) in [5.74, 6) is -0.389. The molecule has 1 atom stereocenters. The summed E-state index contributed by atoms with van der Waals surface area (Å²) in [6, 6.07) is 6.40. The fraction of sp³-hybridized carbons (Fsp3) is 0.278. The Morgan fingerprint density at radius 1 is 1.25 bits per heavy atom. The van der Waals surface area contributed by atoms with Gasteiger partial charge in [0.25, 0.3) is 0 Å². The normalized spacial score (nSPS) is 17.7. The second-order valence-electron chi connectivity index (χ2n) is 6.95. The van der Waals surface area contributed by atoms with Gasteiger partial charge in [0.1, 0.15) is 0 Å². The Hall–Kier alpha value is -3.69. The number of hydrogen-bond acceptors (Lipinski definition) is 6. The number of aromatic carboxylic acids is 1. The highest BCUT2D eigenvalue weighted by Gasteiger charge is 2.40. The quantitative estimate of drug-likeness (QED) is 0.621. The number of hydrogen-bond donors (Lipinski definition) is 3. The number of urea groups is 1.